The van der Waals surface area contributed by atoms with Crippen LogP contribution in [0.2, 0.25) is 0 Å². The molecule has 3 rings (SSSR count). The summed E-state index contributed by atoms with van der Waals surface area (Å²) < 4.78 is 7.06. The average molecular weight is 333 g/mol. The molecule has 7 heteroatoms. The predicted octanol–water partition coefficient (Wildman–Crippen LogP) is 2.61. The maximum absolute atomic E-state index is 11.8. The van der Waals surface area contributed by atoms with Gasteiger partial charge in [-0.1, -0.05) is 0 Å². The highest BCUT2D eigenvalue weighted by atomic mass is 32.1. The summed E-state index contributed by atoms with van der Waals surface area (Å²) in [5.41, 5.74) is 8.33. The van der Waals surface area contributed by atoms with Gasteiger partial charge in [-0.25, -0.2) is 9.78 Å². The lowest BCUT2D eigenvalue weighted by Gasteiger charge is -2.09. The molecular weight excluding hydrogens is 314 g/mol. The van der Waals surface area contributed by atoms with E-state index in [0.29, 0.717) is 28.8 Å². The molecule has 0 spiro atoms. The number of rotatable bonds is 6. The van der Waals surface area contributed by atoms with Gasteiger partial charge in [0.25, 0.3) is 5.91 Å². The van der Waals surface area contributed by atoms with Crippen molar-refractivity contribution in [1.29, 1.82) is 0 Å². The predicted molar refractivity (Wildman–Crippen MR) is 87.5 cm³/mol. The van der Waals surface area contributed by atoms with Gasteiger partial charge in [0, 0.05) is 17.6 Å². The summed E-state index contributed by atoms with van der Waals surface area (Å²) in [7, 11) is 0. The van der Waals surface area contributed by atoms with Crippen molar-refractivity contribution in [1.82, 2.24) is 9.55 Å². The van der Waals surface area contributed by atoms with Crippen molar-refractivity contribution >= 4 is 23.2 Å². The number of carbonyl (C=O) groups excluding carboxylic acids is 2. The number of hydrogen-bond acceptors (Lipinski definition) is 5. The molecule has 0 atom stereocenters. The van der Waals surface area contributed by atoms with Gasteiger partial charge in [0.1, 0.15) is 0 Å². The number of carbonyl (C=O) groups is 2. The van der Waals surface area contributed by atoms with Crippen LogP contribution in [0, 0.1) is 12.8 Å². The Morgan fingerprint density at radius 3 is 2.83 bits per heavy atom. The number of thiazole rings is 1. The van der Waals surface area contributed by atoms with Crippen LogP contribution in [0.5, 0.6) is 0 Å². The summed E-state index contributed by atoms with van der Waals surface area (Å²) in [6.45, 7) is 4.82. The van der Waals surface area contributed by atoms with Crippen LogP contribution in [0.25, 0.3) is 11.4 Å². The number of primary amides is 1. The molecule has 6 nitrogen and oxygen atoms in total. The number of ether oxygens (including phenoxy) is 1. The molecular formula is C16H19N3O3S. The number of aromatic nitrogens is 2. The fourth-order valence-corrected chi connectivity index (χ4v) is 3.28. The molecule has 1 aliphatic carbocycles. The summed E-state index contributed by atoms with van der Waals surface area (Å²) >= 11 is 1.24. The van der Waals surface area contributed by atoms with Gasteiger partial charge in [0.05, 0.1) is 23.6 Å². The van der Waals surface area contributed by atoms with E-state index >= 15 is 0 Å². The Kier molecular flexibility index (Phi) is 4.21. The third-order valence-corrected chi connectivity index (χ3v) is 4.81. The van der Waals surface area contributed by atoms with Crippen LogP contribution < -0.4 is 5.73 Å². The molecule has 122 valence electrons. The molecule has 0 saturated heterocycles. The number of amides is 1. The van der Waals surface area contributed by atoms with E-state index in [-0.39, 0.29) is 0 Å². The molecule has 0 bridgehead atoms. The van der Waals surface area contributed by atoms with E-state index in [1.807, 2.05) is 12.3 Å². The van der Waals surface area contributed by atoms with Gasteiger partial charge < -0.3 is 15.0 Å². The van der Waals surface area contributed by atoms with E-state index in [0.717, 1.165) is 17.9 Å². The molecule has 1 amide bonds. The second-order valence-electron chi connectivity index (χ2n) is 5.71. The lowest BCUT2D eigenvalue weighted by molar-refractivity contribution is 0.0526. The van der Waals surface area contributed by atoms with Crippen molar-refractivity contribution in [2.75, 3.05) is 6.61 Å². The molecule has 2 aromatic rings. The van der Waals surface area contributed by atoms with E-state index in [1.165, 1.54) is 24.2 Å². The SMILES string of the molecule is CCOC(=O)c1nc(-c2cc(C(N)=O)c(C)n2CC2CC2)cs1. The first-order chi connectivity index (χ1) is 11.0. The highest BCUT2D eigenvalue weighted by Gasteiger charge is 2.26. The largest absolute Gasteiger partial charge is 0.461 e. The van der Waals surface area contributed by atoms with Crippen LogP contribution in [0.3, 0.4) is 0 Å². The Morgan fingerprint density at radius 2 is 2.22 bits per heavy atom. The molecule has 1 aliphatic rings. The van der Waals surface area contributed by atoms with Crippen LogP contribution in [0.1, 0.15) is 45.6 Å². The van der Waals surface area contributed by atoms with Crippen LogP contribution in [0.4, 0.5) is 0 Å². The third-order valence-electron chi connectivity index (χ3n) is 3.99. The average Bonchev–Trinajstić information content (AvgIpc) is 3.07. The first-order valence-electron chi connectivity index (χ1n) is 7.64. The molecule has 0 aliphatic heterocycles. The fraction of sp³-hybridized carbons (Fsp3) is 0.438. The molecule has 2 heterocycles. The maximum Gasteiger partial charge on any atom is 0.367 e. The molecule has 23 heavy (non-hydrogen) atoms. The van der Waals surface area contributed by atoms with Crippen LogP contribution in [-0.4, -0.2) is 28.0 Å². The van der Waals surface area contributed by atoms with Crippen molar-refractivity contribution in [2.45, 2.75) is 33.2 Å². The van der Waals surface area contributed by atoms with E-state index in [4.69, 9.17) is 10.5 Å². The number of hydrogen-bond donors (Lipinski definition) is 1. The minimum absolute atomic E-state index is 0.316. The minimum Gasteiger partial charge on any atom is -0.461 e. The fourth-order valence-electron chi connectivity index (χ4n) is 2.58. The van der Waals surface area contributed by atoms with E-state index in [2.05, 4.69) is 9.55 Å². The van der Waals surface area contributed by atoms with Gasteiger partial charge in [-0.3, -0.25) is 4.79 Å². The molecule has 2 N–H and O–H groups in total. The molecule has 0 unspecified atom stereocenters. The second kappa shape index (κ2) is 6.16. The van der Waals surface area contributed by atoms with E-state index in [1.54, 1.807) is 13.0 Å². The highest BCUT2D eigenvalue weighted by molar-refractivity contribution is 7.11. The van der Waals surface area contributed by atoms with Gasteiger partial charge in [0.15, 0.2) is 0 Å². The summed E-state index contributed by atoms with van der Waals surface area (Å²) in [4.78, 5) is 27.8. The summed E-state index contributed by atoms with van der Waals surface area (Å²) in [6.07, 6.45) is 2.40. The normalized spacial score (nSPS) is 14.0. The Bertz CT molecular complexity index is 759. The number of nitrogens with zero attached hydrogens (tertiary/aromatic N) is 2. The van der Waals surface area contributed by atoms with E-state index < -0.39 is 11.9 Å². The lowest BCUT2D eigenvalue weighted by Crippen LogP contribution is -2.12. The summed E-state index contributed by atoms with van der Waals surface area (Å²) in [5.74, 6) is -0.223. The minimum atomic E-state index is -0.445. The van der Waals surface area contributed by atoms with Gasteiger partial charge in [-0.05, 0) is 38.7 Å². The van der Waals surface area contributed by atoms with Crippen molar-refractivity contribution < 1.29 is 14.3 Å². The zero-order chi connectivity index (χ0) is 16.6. The van der Waals surface area contributed by atoms with Crippen LogP contribution in [0.15, 0.2) is 11.4 Å². The Labute approximate surface area is 138 Å². The lowest BCUT2D eigenvalue weighted by atomic mass is 10.2. The van der Waals surface area contributed by atoms with Crippen LogP contribution in [-0.2, 0) is 11.3 Å². The second-order valence-corrected chi connectivity index (χ2v) is 6.56. The van der Waals surface area contributed by atoms with Gasteiger partial charge >= 0.3 is 5.97 Å². The number of esters is 1. The zero-order valence-corrected chi connectivity index (χ0v) is 14.0. The monoisotopic (exact) mass is 333 g/mol. The summed E-state index contributed by atoms with van der Waals surface area (Å²) in [5, 5.41) is 2.13. The Balaban J connectivity index is 1.99. The maximum atomic E-state index is 11.8. The van der Waals surface area contributed by atoms with Gasteiger partial charge in [-0.15, -0.1) is 11.3 Å². The van der Waals surface area contributed by atoms with Crippen molar-refractivity contribution in [3.63, 3.8) is 0 Å². The van der Waals surface area contributed by atoms with E-state index in [9.17, 15) is 9.59 Å². The first kappa shape index (κ1) is 15.7. The van der Waals surface area contributed by atoms with Crippen molar-refractivity contribution in [3.05, 3.63) is 27.7 Å². The smallest absolute Gasteiger partial charge is 0.367 e. The van der Waals surface area contributed by atoms with Crippen molar-refractivity contribution in [2.24, 2.45) is 11.7 Å². The molecule has 2 aromatic heterocycles. The molecule has 1 fully saturated rings. The molecule has 0 aromatic carbocycles. The molecule has 1 saturated carbocycles. The highest BCUT2D eigenvalue weighted by Crippen LogP contribution is 2.35. The third kappa shape index (κ3) is 3.14. The summed E-state index contributed by atoms with van der Waals surface area (Å²) in [6, 6.07) is 1.77. The quantitative estimate of drug-likeness (QED) is 0.823. The first-order valence-corrected chi connectivity index (χ1v) is 8.52. The molecule has 0 radical (unpaired) electrons. The van der Waals surface area contributed by atoms with Crippen molar-refractivity contribution in [3.8, 4) is 11.4 Å². The standard InChI is InChI=1S/C16H19N3O3S/c1-3-22-16(21)15-18-12(8-23-15)13-6-11(14(17)20)9(2)19(13)7-10-4-5-10/h6,8,10H,3-5,7H2,1-2H3,(H2,17,20). The zero-order valence-electron chi connectivity index (χ0n) is 13.2. The van der Waals surface area contributed by atoms with Gasteiger partial charge in [0.2, 0.25) is 5.01 Å². The number of nitrogens with two attached hydrogens (primary N) is 1. The Hall–Kier alpha value is -2.15. The van der Waals surface area contributed by atoms with Crippen LogP contribution >= 0.6 is 11.3 Å². The topological polar surface area (TPSA) is 87.2 Å². The Morgan fingerprint density at radius 1 is 1.48 bits per heavy atom. The van der Waals surface area contributed by atoms with Gasteiger partial charge in [-0.2, -0.15) is 0 Å².